The third-order valence-corrected chi connectivity index (χ3v) is 3.82. The Morgan fingerprint density at radius 3 is 3.06 bits per heavy atom. The van der Waals surface area contributed by atoms with Crippen molar-refractivity contribution in [2.45, 2.75) is 19.0 Å². The predicted molar refractivity (Wildman–Crippen MR) is 72.7 cm³/mol. The summed E-state index contributed by atoms with van der Waals surface area (Å²) in [5.74, 6) is 0.343. The van der Waals surface area contributed by atoms with Crippen molar-refractivity contribution in [3.05, 3.63) is 23.8 Å². The first-order valence-electron chi connectivity index (χ1n) is 5.77. The number of hydrogen-bond acceptors (Lipinski definition) is 4. The molecule has 96 valence electrons. The van der Waals surface area contributed by atoms with Crippen molar-refractivity contribution in [2.75, 3.05) is 12.9 Å². The van der Waals surface area contributed by atoms with Gasteiger partial charge in [-0.2, -0.15) is 0 Å². The first-order valence-corrected chi connectivity index (χ1v) is 6.75. The van der Waals surface area contributed by atoms with Crippen molar-refractivity contribution < 1.29 is 9.53 Å². The zero-order valence-electron chi connectivity index (χ0n) is 10.7. The highest BCUT2D eigenvalue weighted by molar-refractivity contribution is 7.99. The van der Waals surface area contributed by atoms with Crippen molar-refractivity contribution in [3.8, 4) is 0 Å². The summed E-state index contributed by atoms with van der Waals surface area (Å²) in [7, 11) is 1.41. The van der Waals surface area contributed by atoms with Gasteiger partial charge in [-0.3, -0.25) is 4.79 Å². The lowest BCUT2D eigenvalue weighted by Gasteiger charge is -2.06. The zero-order chi connectivity index (χ0) is 13.1. The van der Waals surface area contributed by atoms with E-state index in [0.717, 1.165) is 16.2 Å². The Morgan fingerprint density at radius 2 is 2.33 bits per heavy atom. The number of aryl methyl sites for hydroxylation is 1. The summed E-state index contributed by atoms with van der Waals surface area (Å²) in [6.45, 7) is 3.90. The average molecular weight is 264 g/mol. The molecule has 0 saturated carbocycles. The van der Waals surface area contributed by atoms with Crippen LogP contribution >= 0.6 is 11.8 Å². The molecule has 2 aromatic rings. The van der Waals surface area contributed by atoms with Crippen LogP contribution in [0.5, 0.6) is 0 Å². The molecule has 2 rings (SSSR count). The normalized spacial score (nSPS) is 12.6. The number of esters is 1. The zero-order valence-corrected chi connectivity index (χ0v) is 11.5. The Hall–Kier alpha value is -1.49. The maximum Gasteiger partial charge on any atom is 0.309 e. The van der Waals surface area contributed by atoms with Gasteiger partial charge in [0.2, 0.25) is 0 Å². The second-order valence-corrected chi connectivity index (χ2v) is 5.31. The van der Waals surface area contributed by atoms with Crippen molar-refractivity contribution in [3.63, 3.8) is 0 Å². The van der Waals surface area contributed by atoms with Gasteiger partial charge in [-0.1, -0.05) is 24.8 Å². The summed E-state index contributed by atoms with van der Waals surface area (Å²) in [5.41, 5.74) is 3.18. The molecule has 18 heavy (non-hydrogen) atoms. The number of carbonyl (C=O) groups is 1. The molecule has 0 amide bonds. The van der Waals surface area contributed by atoms with Gasteiger partial charge in [0.1, 0.15) is 0 Å². The second kappa shape index (κ2) is 5.44. The molecule has 0 bridgehead atoms. The van der Waals surface area contributed by atoms with E-state index >= 15 is 0 Å². The molecule has 0 aliphatic carbocycles. The van der Waals surface area contributed by atoms with Crippen LogP contribution in [-0.4, -0.2) is 28.8 Å². The lowest BCUT2D eigenvalue weighted by molar-refractivity contribution is -0.143. The molecule has 1 atom stereocenters. The van der Waals surface area contributed by atoms with Gasteiger partial charge < -0.3 is 9.72 Å². The van der Waals surface area contributed by atoms with Gasteiger partial charge in [0.15, 0.2) is 5.16 Å². The summed E-state index contributed by atoms with van der Waals surface area (Å²) in [6, 6.07) is 6.10. The fourth-order valence-corrected chi connectivity index (χ4v) is 2.53. The van der Waals surface area contributed by atoms with Crippen molar-refractivity contribution in [1.82, 2.24) is 9.97 Å². The second-order valence-electron chi connectivity index (χ2n) is 4.30. The number of carbonyl (C=O) groups excluding carboxylic acids is 1. The van der Waals surface area contributed by atoms with Gasteiger partial charge in [-0.15, -0.1) is 0 Å². The number of aromatic nitrogens is 2. The summed E-state index contributed by atoms with van der Waals surface area (Å²) in [4.78, 5) is 19.0. The summed E-state index contributed by atoms with van der Waals surface area (Å²) in [6.07, 6.45) is 0. The highest BCUT2D eigenvalue weighted by Gasteiger charge is 2.14. The number of hydrogen-bond donors (Lipinski definition) is 1. The molecular formula is C13H16N2O2S. The Labute approximate surface area is 110 Å². The minimum absolute atomic E-state index is 0.130. The molecule has 1 unspecified atom stereocenters. The maximum atomic E-state index is 11.3. The smallest absolute Gasteiger partial charge is 0.309 e. The fourth-order valence-electron chi connectivity index (χ4n) is 1.64. The SMILES string of the molecule is COC(=O)C(C)CSc1nc2ccc(C)cc2[nH]1. The number of benzene rings is 1. The van der Waals surface area contributed by atoms with E-state index in [1.54, 1.807) is 0 Å². The molecule has 5 heteroatoms. The molecule has 1 aromatic carbocycles. The molecule has 1 heterocycles. The van der Waals surface area contributed by atoms with Crippen LogP contribution in [0.25, 0.3) is 11.0 Å². The van der Waals surface area contributed by atoms with Crippen LogP contribution in [0.2, 0.25) is 0 Å². The Bertz CT molecular complexity index is 565. The number of rotatable bonds is 4. The van der Waals surface area contributed by atoms with E-state index < -0.39 is 0 Å². The van der Waals surface area contributed by atoms with Gasteiger partial charge >= 0.3 is 5.97 Å². The number of nitrogens with one attached hydrogen (secondary N) is 1. The number of fused-ring (bicyclic) bond motifs is 1. The van der Waals surface area contributed by atoms with Crippen molar-refractivity contribution >= 4 is 28.8 Å². The molecule has 1 aromatic heterocycles. The van der Waals surface area contributed by atoms with Gasteiger partial charge in [0, 0.05) is 5.75 Å². The molecule has 0 fully saturated rings. The van der Waals surface area contributed by atoms with Gasteiger partial charge in [-0.25, -0.2) is 4.98 Å². The number of ether oxygens (including phenoxy) is 1. The Balaban J connectivity index is 2.06. The summed E-state index contributed by atoms with van der Waals surface area (Å²) in [5, 5.41) is 0.839. The first-order chi connectivity index (χ1) is 8.60. The lowest BCUT2D eigenvalue weighted by atomic mass is 10.2. The third kappa shape index (κ3) is 2.85. The van der Waals surface area contributed by atoms with Crippen LogP contribution in [-0.2, 0) is 9.53 Å². The van der Waals surface area contributed by atoms with E-state index in [1.807, 2.05) is 26.0 Å². The van der Waals surface area contributed by atoms with Crippen molar-refractivity contribution in [1.29, 1.82) is 0 Å². The number of methoxy groups -OCH3 is 1. The number of nitrogens with zero attached hydrogens (tertiary/aromatic N) is 1. The van der Waals surface area contributed by atoms with E-state index in [1.165, 1.54) is 24.4 Å². The van der Waals surface area contributed by atoms with E-state index in [4.69, 9.17) is 4.74 Å². The Kier molecular flexibility index (Phi) is 3.91. The van der Waals surface area contributed by atoms with Crippen LogP contribution in [0.15, 0.2) is 23.4 Å². The molecule has 0 saturated heterocycles. The molecule has 0 aliphatic heterocycles. The number of imidazole rings is 1. The van der Waals surface area contributed by atoms with Gasteiger partial charge in [0.25, 0.3) is 0 Å². The molecule has 0 radical (unpaired) electrons. The first kappa shape index (κ1) is 13.0. The minimum Gasteiger partial charge on any atom is -0.469 e. The standard InChI is InChI=1S/C13H16N2O2S/c1-8-4-5-10-11(6-8)15-13(14-10)18-7-9(2)12(16)17-3/h4-6,9H,7H2,1-3H3,(H,14,15). The molecule has 0 spiro atoms. The largest absolute Gasteiger partial charge is 0.469 e. The third-order valence-electron chi connectivity index (χ3n) is 2.69. The number of thioether (sulfide) groups is 1. The highest BCUT2D eigenvalue weighted by Crippen LogP contribution is 2.22. The van der Waals surface area contributed by atoms with E-state index in [-0.39, 0.29) is 11.9 Å². The quantitative estimate of drug-likeness (QED) is 0.681. The monoisotopic (exact) mass is 264 g/mol. The van der Waals surface area contributed by atoms with E-state index in [2.05, 4.69) is 16.0 Å². The van der Waals surface area contributed by atoms with Crippen LogP contribution < -0.4 is 0 Å². The predicted octanol–water partition coefficient (Wildman–Crippen LogP) is 2.77. The van der Waals surface area contributed by atoms with Crippen LogP contribution in [0.4, 0.5) is 0 Å². The molecule has 1 N–H and O–H groups in total. The average Bonchev–Trinajstić information content (AvgIpc) is 2.76. The summed E-state index contributed by atoms with van der Waals surface area (Å²) < 4.78 is 4.69. The van der Waals surface area contributed by atoms with Gasteiger partial charge in [-0.05, 0) is 24.6 Å². The molecule has 0 aliphatic rings. The lowest BCUT2D eigenvalue weighted by Crippen LogP contribution is -2.14. The topological polar surface area (TPSA) is 55.0 Å². The van der Waals surface area contributed by atoms with Crippen LogP contribution in [0.1, 0.15) is 12.5 Å². The summed E-state index contributed by atoms with van der Waals surface area (Å²) >= 11 is 1.54. The number of H-pyrrole nitrogens is 1. The minimum atomic E-state index is -0.186. The fraction of sp³-hybridized carbons (Fsp3) is 0.385. The molecular weight excluding hydrogens is 248 g/mol. The van der Waals surface area contributed by atoms with Crippen LogP contribution in [0, 0.1) is 12.8 Å². The number of aromatic amines is 1. The van der Waals surface area contributed by atoms with Crippen LogP contribution in [0.3, 0.4) is 0 Å². The van der Waals surface area contributed by atoms with E-state index in [9.17, 15) is 4.79 Å². The highest BCUT2D eigenvalue weighted by atomic mass is 32.2. The maximum absolute atomic E-state index is 11.3. The van der Waals surface area contributed by atoms with Gasteiger partial charge in [0.05, 0.1) is 24.1 Å². The molecule has 4 nitrogen and oxygen atoms in total. The Morgan fingerprint density at radius 1 is 1.56 bits per heavy atom. The van der Waals surface area contributed by atoms with E-state index in [0.29, 0.717) is 5.75 Å². The van der Waals surface area contributed by atoms with Crippen molar-refractivity contribution in [2.24, 2.45) is 5.92 Å².